The van der Waals surface area contributed by atoms with E-state index in [0.29, 0.717) is 18.7 Å². The summed E-state index contributed by atoms with van der Waals surface area (Å²) in [6.45, 7) is 4.64. The van der Waals surface area contributed by atoms with E-state index in [4.69, 9.17) is 4.74 Å². The zero-order valence-corrected chi connectivity index (χ0v) is 17.8. The summed E-state index contributed by atoms with van der Waals surface area (Å²) in [5, 5.41) is 21.6. The Labute approximate surface area is 178 Å². The summed E-state index contributed by atoms with van der Waals surface area (Å²) in [7, 11) is 0. The maximum Gasteiger partial charge on any atom is 0.271 e. The van der Waals surface area contributed by atoms with E-state index in [1.807, 2.05) is 18.2 Å². The topological polar surface area (TPSA) is 84.3 Å². The van der Waals surface area contributed by atoms with E-state index in [-0.39, 0.29) is 35.0 Å². The van der Waals surface area contributed by atoms with Crippen molar-refractivity contribution in [2.45, 2.75) is 69.2 Å². The van der Waals surface area contributed by atoms with Crippen LogP contribution in [0.5, 0.6) is 0 Å². The first-order valence-corrected chi connectivity index (χ1v) is 10.9. The van der Waals surface area contributed by atoms with Crippen molar-refractivity contribution < 1.29 is 14.6 Å². The predicted molar refractivity (Wildman–Crippen MR) is 114 cm³/mol. The molecule has 0 spiro atoms. The van der Waals surface area contributed by atoms with Gasteiger partial charge in [-0.3, -0.25) is 4.79 Å². The van der Waals surface area contributed by atoms with Gasteiger partial charge < -0.3 is 15.2 Å². The molecule has 2 aliphatic rings. The Morgan fingerprint density at radius 1 is 1.17 bits per heavy atom. The molecule has 1 aromatic heterocycles. The van der Waals surface area contributed by atoms with Gasteiger partial charge >= 0.3 is 0 Å². The monoisotopic (exact) mass is 409 g/mol. The van der Waals surface area contributed by atoms with Gasteiger partial charge in [-0.2, -0.15) is 5.10 Å². The van der Waals surface area contributed by atoms with Crippen molar-refractivity contribution in [2.75, 3.05) is 6.54 Å². The highest BCUT2D eigenvalue weighted by Gasteiger charge is 2.46. The number of amides is 1. The van der Waals surface area contributed by atoms with Crippen LogP contribution in [0.2, 0.25) is 0 Å². The summed E-state index contributed by atoms with van der Waals surface area (Å²) >= 11 is 0. The molecule has 30 heavy (non-hydrogen) atoms. The molecule has 0 bridgehead atoms. The minimum atomic E-state index is -0.348. The highest BCUT2D eigenvalue weighted by atomic mass is 16.5. The lowest BCUT2D eigenvalue weighted by molar-refractivity contribution is -0.178. The molecule has 6 heteroatoms. The molecule has 2 aromatic rings. The molecule has 0 radical (unpaired) electrons. The van der Waals surface area contributed by atoms with Gasteiger partial charge in [-0.1, -0.05) is 30.3 Å². The van der Waals surface area contributed by atoms with Gasteiger partial charge in [-0.15, -0.1) is 5.10 Å². The Balaban J connectivity index is 1.57. The number of aliphatic hydroxyl groups excluding tert-OH is 1. The molecule has 1 aliphatic carbocycles. The van der Waals surface area contributed by atoms with Crippen molar-refractivity contribution >= 4 is 5.91 Å². The van der Waals surface area contributed by atoms with Crippen molar-refractivity contribution in [1.29, 1.82) is 0 Å². The zero-order valence-electron chi connectivity index (χ0n) is 17.8. The summed E-state index contributed by atoms with van der Waals surface area (Å²) < 4.78 is 6.39. The van der Waals surface area contributed by atoms with Gasteiger partial charge in [0.25, 0.3) is 5.91 Å². The average molecular weight is 410 g/mol. The molecule has 1 saturated carbocycles. The van der Waals surface area contributed by atoms with Gasteiger partial charge in [0.2, 0.25) is 0 Å². The second kappa shape index (κ2) is 8.44. The number of rotatable bonds is 4. The molecular formula is C24H31N3O3. The molecule has 4 atom stereocenters. The van der Waals surface area contributed by atoms with Crippen LogP contribution >= 0.6 is 0 Å². The third kappa shape index (κ3) is 4.40. The van der Waals surface area contributed by atoms with E-state index in [2.05, 4.69) is 41.5 Å². The molecular weight excluding hydrogens is 378 g/mol. The van der Waals surface area contributed by atoms with Crippen LogP contribution < -0.4 is 5.32 Å². The number of benzene rings is 1. The Morgan fingerprint density at radius 3 is 2.67 bits per heavy atom. The van der Waals surface area contributed by atoms with E-state index < -0.39 is 0 Å². The van der Waals surface area contributed by atoms with Crippen LogP contribution in [0, 0.1) is 5.92 Å². The van der Waals surface area contributed by atoms with E-state index in [1.54, 1.807) is 18.3 Å². The number of nitrogens with one attached hydrogen (secondary N) is 1. The van der Waals surface area contributed by atoms with Crippen molar-refractivity contribution in [3.63, 3.8) is 0 Å². The molecule has 160 valence electrons. The first-order chi connectivity index (χ1) is 14.4. The number of carbonyl (C=O) groups excluding carboxylic acids is 1. The molecule has 1 aliphatic heterocycles. The Hall–Kier alpha value is -2.31. The Bertz CT molecular complexity index is 859. The maximum absolute atomic E-state index is 12.7. The standard InChI is InChI=1S/C24H31N3O3/c1-23(2)15-20(28)18-10-12-24(13-11-21(18)30-23,17-7-4-3-5-8-17)16-25-22(29)19-9-6-14-26-27-19/h3-9,14,18,20-21,28H,10-13,15-16H2,1-2H3,(H,25,29)/t18-,20+,21+,24+/m1/s1. The van der Waals surface area contributed by atoms with Gasteiger partial charge in [-0.25, -0.2) is 0 Å². The van der Waals surface area contributed by atoms with Crippen LogP contribution in [0.15, 0.2) is 48.7 Å². The minimum Gasteiger partial charge on any atom is -0.393 e. The predicted octanol–water partition coefficient (Wildman–Crippen LogP) is 3.26. The van der Waals surface area contributed by atoms with Gasteiger partial charge in [0.15, 0.2) is 5.69 Å². The van der Waals surface area contributed by atoms with Crippen LogP contribution in [0.25, 0.3) is 0 Å². The van der Waals surface area contributed by atoms with Crippen molar-refractivity contribution in [2.24, 2.45) is 5.92 Å². The molecule has 4 rings (SSSR count). The van der Waals surface area contributed by atoms with Crippen molar-refractivity contribution in [3.05, 3.63) is 59.9 Å². The number of hydrogen-bond acceptors (Lipinski definition) is 5. The summed E-state index contributed by atoms with van der Waals surface area (Å²) in [6.07, 6.45) is 5.43. The summed E-state index contributed by atoms with van der Waals surface area (Å²) in [5.41, 5.74) is 1.03. The van der Waals surface area contributed by atoms with E-state index >= 15 is 0 Å². The highest BCUT2D eigenvalue weighted by Crippen LogP contribution is 2.45. The largest absolute Gasteiger partial charge is 0.393 e. The number of hydrogen-bond donors (Lipinski definition) is 2. The second-order valence-electron chi connectivity index (χ2n) is 9.37. The molecule has 1 amide bonds. The molecule has 2 heterocycles. The van der Waals surface area contributed by atoms with E-state index in [1.165, 1.54) is 5.56 Å². The molecule has 0 unspecified atom stereocenters. The van der Waals surface area contributed by atoms with Crippen molar-refractivity contribution in [3.8, 4) is 0 Å². The number of aromatic nitrogens is 2. The highest BCUT2D eigenvalue weighted by molar-refractivity contribution is 5.92. The first kappa shape index (κ1) is 20.9. The minimum absolute atomic E-state index is 0.0463. The molecule has 1 aromatic carbocycles. The van der Waals surface area contributed by atoms with Crippen LogP contribution in [-0.2, 0) is 10.2 Å². The summed E-state index contributed by atoms with van der Waals surface area (Å²) in [6, 6.07) is 13.8. The smallest absolute Gasteiger partial charge is 0.271 e. The number of nitrogens with zero attached hydrogens (tertiary/aromatic N) is 2. The number of aliphatic hydroxyl groups is 1. The molecule has 2 N–H and O–H groups in total. The first-order valence-electron chi connectivity index (χ1n) is 10.9. The second-order valence-corrected chi connectivity index (χ2v) is 9.37. The SMILES string of the molecule is CC1(C)C[C@H](O)[C@H]2CC[C@](CNC(=O)c3cccnn3)(c3ccccc3)CC[C@@H]2O1. The van der Waals surface area contributed by atoms with E-state index in [0.717, 1.165) is 25.7 Å². The molecule has 2 fully saturated rings. The Morgan fingerprint density at radius 2 is 1.93 bits per heavy atom. The van der Waals surface area contributed by atoms with Crippen LogP contribution in [0.1, 0.15) is 62.0 Å². The molecule has 1 saturated heterocycles. The zero-order chi connectivity index (χ0) is 21.2. The lowest BCUT2D eigenvalue weighted by Gasteiger charge is -2.43. The van der Waals surface area contributed by atoms with Gasteiger partial charge in [0.05, 0.1) is 17.8 Å². The quantitative estimate of drug-likeness (QED) is 0.810. The fraction of sp³-hybridized carbons (Fsp3) is 0.542. The van der Waals surface area contributed by atoms with Gasteiger partial charge in [0, 0.05) is 30.5 Å². The molecule has 6 nitrogen and oxygen atoms in total. The third-order valence-electron chi connectivity index (χ3n) is 6.78. The maximum atomic E-state index is 12.7. The van der Waals surface area contributed by atoms with Gasteiger partial charge in [0.1, 0.15) is 0 Å². The van der Waals surface area contributed by atoms with Gasteiger partial charge in [-0.05, 0) is 57.2 Å². The van der Waals surface area contributed by atoms with Crippen LogP contribution in [0.4, 0.5) is 0 Å². The van der Waals surface area contributed by atoms with Crippen molar-refractivity contribution in [1.82, 2.24) is 15.5 Å². The number of ether oxygens (including phenoxy) is 1. The third-order valence-corrected chi connectivity index (χ3v) is 6.78. The van der Waals surface area contributed by atoms with Crippen LogP contribution in [-0.4, -0.2) is 45.6 Å². The summed E-state index contributed by atoms with van der Waals surface area (Å²) in [4.78, 5) is 12.7. The normalized spacial score (nSPS) is 30.7. The Kier molecular flexibility index (Phi) is 5.89. The fourth-order valence-electron chi connectivity index (χ4n) is 5.21. The lowest BCUT2D eigenvalue weighted by atomic mass is 9.73. The summed E-state index contributed by atoms with van der Waals surface area (Å²) in [5.74, 6) is -0.0724. The lowest BCUT2D eigenvalue weighted by Crippen LogP contribution is -2.48. The average Bonchev–Trinajstić information content (AvgIpc) is 2.93. The van der Waals surface area contributed by atoms with E-state index in [9.17, 15) is 9.90 Å². The number of carbonyl (C=O) groups is 1. The number of fused-ring (bicyclic) bond motifs is 1. The van der Waals surface area contributed by atoms with Crippen LogP contribution in [0.3, 0.4) is 0 Å². The fourth-order valence-corrected chi connectivity index (χ4v) is 5.21.